The Balaban J connectivity index is 1.48. The van der Waals surface area contributed by atoms with Crippen molar-refractivity contribution in [2.45, 2.75) is 23.6 Å². The molecular formula is C25H23NO2S. The van der Waals surface area contributed by atoms with E-state index in [2.05, 4.69) is 25.2 Å². The number of rotatable bonds is 6. The van der Waals surface area contributed by atoms with Gasteiger partial charge >= 0.3 is 0 Å². The summed E-state index contributed by atoms with van der Waals surface area (Å²) in [5, 5.41) is 3.43. The van der Waals surface area contributed by atoms with Crippen LogP contribution in [0.4, 0.5) is 11.4 Å². The lowest BCUT2D eigenvalue weighted by Crippen LogP contribution is -2.04. The number of fused-ring (bicyclic) bond motifs is 2. The average Bonchev–Trinajstić information content (AvgIpc) is 2.74. The molecule has 3 nitrogen and oxygen atoms in total. The summed E-state index contributed by atoms with van der Waals surface area (Å²) in [6.45, 7) is 4.91. The number of anilines is 2. The Bertz CT molecular complexity index is 1070. The van der Waals surface area contributed by atoms with Crippen LogP contribution >= 0.6 is 11.8 Å². The fourth-order valence-corrected chi connectivity index (χ4v) is 4.00. The van der Waals surface area contributed by atoms with Crippen LogP contribution in [0.3, 0.4) is 0 Å². The number of carbonyl (C=O) groups excluding carboxylic acids is 1. The van der Waals surface area contributed by atoms with E-state index in [-0.39, 0.29) is 5.78 Å². The molecule has 0 bridgehead atoms. The molecule has 0 unspecified atom stereocenters. The topological polar surface area (TPSA) is 38.3 Å². The smallest absolute Gasteiger partial charge is 0.185 e. The van der Waals surface area contributed by atoms with E-state index >= 15 is 0 Å². The summed E-state index contributed by atoms with van der Waals surface area (Å²) in [5.74, 6) is 1.27. The molecule has 0 spiro atoms. The van der Waals surface area contributed by atoms with Crippen molar-refractivity contribution in [2.75, 3.05) is 11.9 Å². The Morgan fingerprint density at radius 2 is 1.83 bits per heavy atom. The Hall–Kier alpha value is -2.98. The standard InChI is InChI=1S/C25H23NO2S/c1-17(2)16-28-20-7-5-6-18(14-20)10-12-23(27)19-11-13-25-22(15-19)26-21-8-3-4-9-24(21)29-25/h3-15,17,26H,16H2,1-2H3/b12-10+. The Morgan fingerprint density at radius 3 is 2.69 bits per heavy atom. The first-order valence-electron chi connectivity index (χ1n) is 9.72. The summed E-state index contributed by atoms with van der Waals surface area (Å²) in [6, 6.07) is 21.8. The number of ether oxygens (including phenoxy) is 1. The molecule has 0 saturated heterocycles. The summed E-state index contributed by atoms with van der Waals surface area (Å²) < 4.78 is 5.76. The van der Waals surface area contributed by atoms with Gasteiger partial charge in [-0.05, 0) is 60.0 Å². The van der Waals surface area contributed by atoms with Gasteiger partial charge in [-0.1, -0.05) is 56.0 Å². The number of benzene rings is 3. The highest BCUT2D eigenvalue weighted by molar-refractivity contribution is 7.99. The van der Waals surface area contributed by atoms with Crippen LogP contribution in [0.5, 0.6) is 5.75 Å². The van der Waals surface area contributed by atoms with Gasteiger partial charge < -0.3 is 10.1 Å². The molecule has 3 aromatic carbocycles. The zero-order chi connectivity index (χ0) is 20.2. The highest BCUT2D eigenvalue weighted by atomic mass is 32.2. The van der Waals surface area contributed by atoms with Crippen molar-refractivity contribution in [3.63, 3.8) is 0 Å². The van der Waals surface area contributed by atoms with E-state index in [4.69, 9.17) is 4.74 Å². The second-order valence-electron chi connectivity index (χ2n) is 7.41. The van der Waals surface area contributed by atoms with Gasteiger partial charge in [0.05, 0.1) is 18.0 Å². The SMILES string of the molecule is CC(C)COc1cccc(/C=C/C(=O)c2ccc3c(c2)Nc2ccccc2S3)c1. The molecule has 0 atom stereocenters. The first-order chi connectivity index (χ1) is 14.1. The lowest BCUT2D eigenvalue weighted by molar-refractivity contribution is 0.104. The van der Waals surface area contributed by atoms with E-state index in [1.807, 2.05) is 66.7 Å². The second kappa shape index (κ2) is 8.58. The minimum atomic E-state index is -0.0213. The third-order valence-corrected chi connectivity index (χ3v) is 5.66. The number of nitrogens with one attached hydrogen (secondary N) is 1. The molecule has 1 N–H and O–H groups in total. The molecule has 146 valence electrons. The molecule has 4 rings (SSSR count). The maximum absolute atomic E-state index is 12.7. The van der Waals surface area contributed by atoms with Gasteiger partial charge in [-0.3, -0.25) is 4.79 Å². The van der Waals surface area contributed by atoms with Gasteiger partial charge in [-0.2, -0.15) is 0 Å². The summed E-state index contributed by atoms with van der Waals surface area (Å²) in [7, 11) is 0. The number of ketones is 1. The van der Waals surface area contributed by atoms with Crippen LogP contribution in [0.2, 0.25) is 0 Å². The summed E-state index contributed by atoms with van der Waals surface area (Å²) in [4.78, 5) is 15.0. The third-order valence-electron chi connectivity index (χ3n) is 4.51. The van der Waals surface area contributed by atoms with Crippen LogP contribution in [0.1, 0.15) is 29.8 Å². The molecule has 29 heavy (non-hydrogen) atoms. The quantitative estimate of drug-likeness (QED) is 0.284. The summed E-state index contributed by atoms with van der Waals surface area (Å²) in [5.41, 5.74) is 3.65. The van der Waals surface area contributed by atoms with Gasteiger partial charge in [-0.15, -0.1) is 0 Å². The molecule has 1 aliphatic rings. The molecule has 1 heterocycles. The van der Waals surface area contributed by atoms with Gasteiger partial charge in [0, 0.05) is 15.4 Å². The first kappa shape index (κ1) is 19.3. The molecule has 1 aliphatic heterocycles. The molecule has 0 aromatic heterocycles. The van der Waals surface area contributed by atoms with Crippen LogP contribution < -0.4 is 10.1 Å². The van der Waals surface area contributed by atoms with Crippen LogP contribution in [-0.4, -0.2) is 12.4 Å². The highest BCUT2D eigenvalue weighted by Crippen LogP contribution is 2.44. The maximum atomic E-state index is 12.7. The largest absolute Gasteiger partial charge is 0.493 e. The molecule has 0 radical (unpaired) electrons. The number of hydrogen-bond acceptors (Lipinski definition) is 4. The van der Waals surface area contributed by atoms with E-state index in [0.29, 0.717) is 18.1 Å². The van der Waals surface area contributed by atoms with Crippen molar-refractivity contribution in [3.05, 3.63) is 83.9 Å². The molecular weight excluding hydrogens is 378 g/mol. The fraction of sp³-hybridized carbons (Fsp3) is 0.160. The fourth-order valence-electron chi connectivity index (χ4n) is 3.03. The number of allylic oxidation sites excluding steroid dienone is 1. The summed E-state index contributed by atoms with van der Waals surface area (Å²) >= 11 is 1.72. The van der Waals surface area contributed by atoms with Gasteiger partial charge in [0.1, 0.15) is 5.75 Å². The maximum Gasteiger partial charge on any atom is 0.185 e. The minimum absolute atomic E-state index is 0.0213. The minimum Gasteiger partial charge on any atom is -0.493 e. The molecule has 3 aromatic rings. The zero-order valence-electron chi connectivity index (χ0n) is 16.5. The van der Waals surface area contributed by atoms with Crippen molar-refractivity contribution in [2.24, 2.45) is 5.92 Å². The Morgan fingerprint density at radius 1 is 1.00 bits per heavy atom. The highest BCUT2D eigenvalue weighted by Gasteiger charge is 2.16. The van der Waals surface area contributed by atoms with E-state index in [9.17, 15) is 4.79 Å². The summed E-state index contributed by atoms with van der Waals surface area (Å²) in [6.07, 6.45) is 3.45. The van der Waals surface area contributed by atoms with Crippen molar-refractivity contribution < 1.29 is 9.53 Å². The molecule has 4 heteroatoms. The molecule has 0 fully saturated rings. The van der Waals surface area contributed by atoms with Crippen molar-refractivity contribution in [1.82, 2.24) is 0 Å². The monoisotopic (exact) mass is 401 g/mol. The molecule has 0 saturated carbocycles. The van der Waals surface area contributed by atoms with Crippen molar-refractivity contribution in [1.29, 1.82) is 0 Å². The Labute approximate surface area is 175 Å². The zero-order valence-corrected chi connectivity index (χ0v) is 17.3. The van der Waals surface area contributed by atoms with E-state index in [1.54, 1.807) is 17.8 Å². The van der Waals surface area contributed by atoms with Crippen molar-refractivity contribution >= 4 is 35.0 Å². The molecule has 0 aliphatic carbocycles. The number of para-hydroxylation sites is 1. The van der Waals surface area contributed by atoms with Crippen molar-refractivity contribution in [3.8, 4) is 5.75 Å². The van der Waals surface area contributed by atoms with Gasteiger partial charge in [-0.25, -0.2) is 0 Å². The predicted octanol–water partition coefficient (Wildman–Crippen LogP) is 6.83. The second-order valence-corrected chi connectivity index (χ2v) is 8.49. The van der Waals surface area contributed by atoms with Gasteiger partial charge in [0.25, 0.3) is 0 Å². The third kappa shape index (κ3) is 4.72. The van der Waals surface area contributed by atoms with Crippen LogP contribution in [0, 0.1) is 5.92 Å². The van der Waals surface area contributed by atoms with Crippen LogP contribution in [0.15, 0.2) is 82.6 Å². The van der Waals surface area contributed by atoms with Gasteiger partial charge in [0.2, 0.25) is 0 Å². The molecule has 0 amide bonds. The average molecular weight is 402 g/mol. The lowest BCUT2D eigenvalue weighted by Gasteiger charge is -2.20. The lowest BCUT2D eigenvalue weighted by atomic mass is 10.1. The van der Waals surface area contributed by atoms with Crippen LogP contribution in [-0.2, 0) is 0 Å². The van der Waals surface area contributed by atoms with E-state index in [1.165, 1.54) is 4.90 Å². The van der Waals surface area contributed by atoms with E-state index in [0.717, 1.165) is 27.6 Å². The predicted molar refractivity (Wildman–Crippen MR) is 120 cm³/mol. The number of carbonyl (C=O) groups is 1. The number of hydrogen-bond donors (Lipinski definition) is 1. The van der Waals surface area contributed by atoms with Crippen LogP contribution in [0.25, 0.3) is 6.08 Å². The van der Waals surface area contributed by atoms with E-state index < -0.39 is 0 Å². The Kier molecular flexibility index (Phi) is 5.72. The first-order valence-corrected chi connectivity index (χ1v) is 10.5. The normalized spacial score (nSPS) is 12.4. The van der Waals surface area contributed by atoms with Gasteiger partial charge in [0.15, 0.2) is 5.78 Å².